The first-order chi connectivity index (χ1) is 9.99. The topological polar surface area (TPSA) is 111 Å². The Morgan fingerprint density at radius 1 is 1.18 bits per heavy atom. The van der Waals surface area contributed by atoms with E-state index < -0.39 is 23.6 Å². The third kappa shape index (κ3) is 12.0. The largest absolute Gasteiger partial charge is 0.462 e. The van der Waals surface area contributed by atoms with Gasteiger partial charge in [0.1, 0.15) is 5.60 Å². The summed E-state index contributed by atoms with van der Waals surface area (Å²) in [4.78, 5) is 35.6. The lowest BCUT2D eigenvalue weighted by atomic mass is 10.2. The van der Waals surface area contributed by atoms with Crippen molar-refractivity contribution in [2.45, 2.75) is 46.3 Å². The fourth-order valence-corrected chi connectivity index (χ4v) is 1.55. The third-order valence-electron chi connectivity index (χ3n) is 2.20. The molecule has 0 heterocycles. The average Bonchev–Trinajstić information content (AvgIpc) is 2.23. The summed E-state index contributed by atoms with van der Waals surface area (Å²) in [7, 11) is 0. The van der Waals surface area contributed by atoms with Crippen molar-refractivity contribution in [3.05, 3.63) is 0 Å². The van der Waals surface area contributed by atoms with Crippen LogP contribution in [0.25, 0.3) is 0 Å². The summed E-state index contributed by atoms with van der Waals surface area (Å²) in [5, 5.41) is 2.55. The molecule has 0 spiro atoms. The van der Waals surface area contributed by atoms with Crippen LogP contribution in [0.1, 0.15) is 34.6 Å². The highest BCUT2D eigenvalue weighted by Gasteiger charge is 2.18. The molecule has 0 radical (unpaired) electrons. The lowest BCUT2D eigenvalue weighted by molar-refractivity contribution is -0.148. The van der Waals surface area contributed by atoms with Crippen molar-refractivity contribution in [3.63, 3.8) is 0 Å². The van der Waals surface area contributed by atoms with Crippen LogP contribution in [0, 0.1) is 0 Å². The number of hydrogen-bond donors (Lipinski definition) is 2. The quantitative estimate of drug-likeness (QED) is 0.621. The van der Waals surface area contributed by atoms with Gasteiger partial charge in [0, 0.05) is 13.1 Å². The summed E-state index contributed by atoms with van der Waals surface area (Å²) in [6.45, 7) is 9.07. The average molecular weight is 317 g/mol. The molecule has 0 aromatic heterocycles. The number of rotatable bonds is 8. The molecule has 22 heavy (non-hydrogen) atoms. The molecule has 0 aliphatic carbocycles. The molecule has 2 amide bonds. The van der Waals surface area contributed by atoms with Crippen molar-refractivity contribution in [2.24, 2.45) is 5.73 Å². The fraction of sp³-hybridized carbons (Fsp3) is 0.786. The van der Waals surface area contributed by atoms with Gasteiger partial charge in [-0.2, -0.15) is 0 Å². The van der Waals surface area contributed by atoms with Gasteiger partial charge in [0.25, 0.3) is 0 Å². The number of ether oxygens (including phenoxy) is 2. The molecular formula is C14H27N3O5. The number of primary amides is 1. The Hall–Kier alpha value is -1.83. The monoisotopic (exact) mass is 317 g/mol. The maximum absolute atomic E-state index is 11.6. The molecule has 0 aromatic rings. The fourth-order valence-electron chi connectivity index (χ4n) is 1.55. The second-order valence-electron chi connectivity index (χ2n) is 6.14. The maximum atomic E-state index is 11.6. The van der Waals surface area contributed by atoms with E-state index in [0.717, 1.165) is 0 Å². The summed E-state index contributed by atoms with van der Waals surface area (Å²) < 4.78 is 10.1. The second-order valence-corrected chi connectivity index (χ2v) is 6.14. The predicted molar refractivity (Wildman–Crippen MR) is 81.1 cm³/mol. The highest BCUT2D eigenvalue weighted by molar-refractivity contribution is 5.77. The predicted octanol–water partition coefficient (Wildman–Crippen LogP) is 0.250. The number of esters is 1. The normalized spacial score (nSPS) is 11.4. The summed E-state index contributed by atoms with van der Waals surface area (Å²) in [5.41, 5.74) is 4.56. The van der Waals surface area contributed by atoms with E-state index in [1.165, 1.54) is 4.90 Å². The van der Waals surface area contributed by atoms with Gasteiger partial charge in [-0.15, -0.1) is 0 Å². The van der Waals surface area contributed by atoms with Crippen molar-refractivity contribution in [1.82, 2.24) is 10.2 Å². The zero-order chi connectivity index (χ0) is 17.3. The molecule has 8 heteroatoms. The van der Waals surface area contributed by atoms with Gasteiger partial charge in [-0.05, 0) is 34.6 Å². The van der Waals surface area contributed by atoms with Crippen molar-refractivity contribution < 1.29 is 23.9 Å². The summed E-state index contributed by atoms with van der Waals surface area (Å²) in [6.07, 6.45) is -0.793. The number of carbonyl (C=O) groups excluding carboxylic acids is 3. The number of amides is 2. The third-order valence-corrected chi connectivity index (χ3v) is 2.20. The summed E-state index contributed by atoms with van der Waals surface area (Å²) >= 11 is 0. The van der Waals surface area contributed by atoms with E-state index in [1.807, 2.05) is 0 Å². The van der Waals surface area contributed by atoms with E-state index in [-0.39, 0.29) is 32.3 Å². The molecule has 0 rings (SSSR count). The molecule has 0 aliphatic heterocycles. The molecule has 0 aromatic carbocycles. The Balaban J connectivity index is 4.28. The van der Waals surface area contributed by atoms with Crippen LogP contribution in [0.5, 0.6) is 0 Å². The smallest absolute Gasteiger partial charge is 0.407 e. The molecule has 0 bridgehead atoms. The number of nitrogens with zero attached hydrogens (tertiary/aromatic N) is 1. The SMILES string of the molecule is CC(C)OC(=O)CN(CCNC(=O)OC(C)(C)C)CC(N)=O. The van der Waals surface area contributed by atoms with Crippen LogP contribution < -0.4 is 11.1 Å². The summed E-state index contributed by atoms with van der Waals surface area (Å²) in [5.74, 6) is -1.01. The summed E-state index contributed by atoms with van der Waals surface area (Å²) in [6, 6.07) is 0. The van der Waals surface area contributed by atoms with Crippen molar-refractivity contribution >= 4 is 18.0 Å². The van der Waals surface area contributed by atoms with E-state index in [9.17, 15) is 14.4 Å². The Bertz CT molecular complexity index is 390. The molecule has 0 saturated heterocycles. The number of alkyl carbamates (subject to hydrolysis) is 1. The lowest BCUT2D eigenvalue weighted by Crippen LogP contribution is -2.43. The van der Waals surface area contributed by atoms with E-state index in [4.69, 9.17) is 15.2 Å². The van der Waals surface area contributed by atoms with E-state index in [1.54, 1.807) is 34.6 Å². The first-order valence-electron chi connectivity index (χ1n) is 7.16. The molecule has 3 N–H and O–H groups in total. The van der Waals surface area contributed by atoms with Crippen LogP contribution in [0.4, 0.5) is 4.79 Å². The first kappa shape index (κ1) is 20.2. The van der Waals surface area contributed by atoms with Gasteiger partial charge in [0.05, 0.1) is 19.2 Å². The Kier molecular flexibility index (Phi) is 8.47. The lowest BCUT2D eigenvalue weighted by Gasteiger charge is -2.22. The van der Waals surface area contributed by atoms with Crippen LogP contribution in [0.15, 0.2) is 0 Å². The zero-order valence-corrected chi connectivity index (χ0v) is 14.0. The van der Waals surface area contributed by atoms with Crippen molar-refractivity contribution in [1.29, 1.82) is 0 Å². The molecule has 0 aliphatic rings. The van der Waals surface area contributed by atoms with Crippen molar-refractivity contribution in [2.75, 3.05) is 26.2 Å². The molecular weight excluding hydrogens is 290 g/mol. The second kappa shape index (κ2) is 9.24. The van der Waals surface area contributed by atoms with Gasteiger partial charge in [-0.3, -0.25) is 14.5 Å². The van der Waals surface area contributed by atoms with Crippen LogP contribution in [0.3, 0.4) is 0 Å². The van der Waals surface area contributed by atoms with Gasteiger partial charge in [-0.25, -0.2) is 4.79 Å². The minimum absolute atomic E-state index is 0.0723. The Labute approximate surface area is 131 Å². The van der Waals surface area contributed by atoms with Gasteiger partial charge < -0.3 is 20.5 Å². The number of carbonyl (C=O) groups is 3. The number of nitrogens with one attached hydrogen (secondary N) is 1. The Morgan fingerprint density at radius 2 is 1.77 bits per heavy atom. The van der Waals surface area contributed by atoms with Crippen LogP contribution in [0.2, 0.25) is 0 Å². The molecule has 0 unspecified atom stereocenters. The van der Waals surface area contributed by atoms with E-state index >= 15 is 0 Å². The van der Waals surface area contributed by atoms with Gasteiger partial charge in [-0.1, -0.05) is 0 Å². The van der Waals surface area contributed by atoms with Gasteiger partial charge in [0.15, 0.2) is 0 Å². The maximum Gasteiger partial charge on any atom is 0.407 e. The first-order valence-corrected chi connectivity index (χ1v) is 7.16. The number of nitrogens with two attached hydrogens (primary N) is 1. The van der Waals surface area contributed by atoms with Crippen LogP contribution in [-0.2, 0) is 19.1 Å². The highest BCUT2D eigenvalue weighted by Crippen LogP contribution is 2.06. The van der Waals surface area contributed by atoms with Crippen LogP contribution in [-0.4, -0.2) is 60.8 Å². The van der Waals surface area contributed by atoms with E-state index in [2.05, 4.69) is 5.32 Å². The van der Waals surface area contributed by atoms with Gasteiger partial charge >= 0.3 is 12.1 Å². The molecule has 0 saturated carbocycles. The zero-order valence-electron chi connectivity index (χ0n) is 14.0. The number of hydrogen-bond acceptors (Lipinski definition) is 6. The highest BCUT2D eigenvalue weighted by atomic mass is 16.6. The Morgan fingerprint density at radius 3 is 2.23 bits per heavy atom. The standard InChI is InChI=1S/C14H27N3O5/c1-10(2)21-12(19)9-17(8-11(15)18)7-6-16-13(20)22-14(3,4)5/h10H,6-9H2,1-5H3,(H2,15,18)(H,16,20). The molecule has 8 nitrogen and oxygen atoms in total. The molecule has 0 atom stereocenters. The van der Waals surface area contributed by atoms with Gasteiger partial charge in [0.2, 0.25) is 5.91 Å². The minimum atomic E-state index is -0.585. The van der Waals surface area contributed by atoms with E-state index in [0.29, 0.717) is 0 Å². The molecule has 0 fully saturated rings. The molecule has 128 valence electrons. The van der Waals surface area contributed by atoms with Crippen molar-refractivity contribution in [3.8, 4) is 0 Å². The minimum Gasteiger partial charge on any atom is -0.462 e. The van der Waals surface area contributed by atoms with Crippen LogP contribution >= 0.6 is 0 Å².